The number of aliphatic hydroxyl groups is 1. The Morgan fingerprint density at radius 3 is 1.88 bits per heavy atom. The van der Waals surface area contributed by atoms with E-state index >= 15 is 4.21 Å². The Morgan fingerprint density at radius 1 is 0.917 bits per heavy atom. The molecule has 3 aliphatic rings. The number of amides is 2. The molecule has 1 unspecified atom stereocenters. The monoisotopic (exact) mass is 663 g/mol. The van der Waals surface area contributed by atoms with Gasteiger partial charge < -0.3 is 15.2 Å². The van der Waals surface area contributed by atoms with Crippen molar-refractivity contribution in [3.8, 4) is 5.88 Å². The van der Waals surface area contributed by atoms with Crippen molar-refractivity contribution in [3.05, 3.63) is 142 Å². The van der Waals surface area contributed by atoms with E-state index in [9.17, 15) is 14.3 Å². The zero-order valence-corrected chi connectivity index (χ0v) is 27.1. The van der Waals surface area contributed by atoms with Crippen molar-refractivity contribution in [2.75, 3.05) is 11.9 Å². The van der Waals surface area contributed by atoms with Crippen molar-refractivity contribution < 1.29 is 23.2 Å². The molecule has 8 rings (SSSR count). The molecule has 4 aromatic carbocycles. The molecule has 0 radical (unpaired) electrons. The standard InChI is InChI=1S/C37H34FN5O4S/c1-36(23-44)22-43-34(47-36)31(21-39-43)48(46,41-35(45)40-33-29-19-17-27(29)32(38)28-18-20-30(28)33)42-37(24-11-5-2-6-12-24,25-13-7-3-8-14-25)26-15-9-4-10-16-26/h2-16,21,44H,17-20,22-23H2,1H3,(H2,40,41,42,45,46)/t36-,48?/m0/s1. The van der Waals surface area contributed by atoms with Gasteiger partial charge in [0.2, 0.25) is 5.88 Å². The average molecular weight is 664 g/mol. The number of carbonyl (C=O) groups is 1. The number of nitrogens with zero attached hydrogens (tertiary/aromatic N) is 3. The van der Waals surface area contributed by atoms with Crippen LogP contribution in [0.4, 0.5) is 14.9 Å². The van der Waals surface area contributed by atoms with Gasteiger partial charge in [-0.15, -0.1) is 0 Å². The summed E-state index contributed by atoms with van der Waals surface area (Å²) in [5, 5.41) is 17.5. The zero-order valence-electron chi connectivity index (χ0n) is 26.3. The minimum atomic E-state index is -3.95. The summed E-state index contributed by atoms with van der Waals surface area (Å²) in [6.45, 7) is 1.65. The van der Waals surface area contributed by atoms with E-state index in [1.807, 2.05) is 91.0 Å². The average Bonchev–Trinajstić information content (AvgIpc) is 3.60. The summed E-state index contributed by atoms with van der Waals surface area (Å²) in [6.07, 6.45) is 3.95. The number of nitrogens with one attached hydrogen (secondary N) is 2. The molecule has 1 aliphatic heterocycles. The predicted molar refractivity (Wildman–Crippen MR) is 180 cm³/mol. The van der Waals surface area contributed by atoms with Crippen molar-refractivity contribution in [2.24, 2.45) is 4.36 Å². The Balaban J connectivity index is 1.35. The number of aliphatic hydroxyl groups excluding tert-OH is 1. The molecule has 2 atom stereocenters. The highest BCUT2D eigenvalue weighted by molar-refractivity contribution is 7.92. The number of anilines is 1. The first-order chi connectivity index (χ1) is 23.2. The van der Waals surface area contributed by atoms with E-state index in [1.165, 1.54) is 10.9 Å². The van der Waals surface area contributed by atoms with Gasteiger partial charge in [0.15, 0.2) is 15.5 Å². The summed E-state index contributed by atoms with van der Waals surface area (Å²) in [6, 6.07) is 27.8. The molecular weight excluding hydrogens is 630 g/mol. The smallest absolute Gasteiger partial charge is 0.331 e. The second-order valence-electron chi connectivity index (χ2n) is 12.8. The molecule has 0 fully saturated rings. The molecule has 0 saturated carbocycles. The van der Waals surface area contributed by atoms with Gasteiger partial charge in [0.05, 0.1) is 19.3 Å². The van der Waals surface area contributed by atoms with Crippen molar-refractivity contribution in [1.29, 1.82) is 0 Å². The first-order valence-corrected chi connectivity index (χ1v) is 17.5. The number of hydrogen-bond acceptors (Lipinski definition) is 6. The minimum Gasteiger partial charge on any atom is -0.466 e. The Morgan fingerprint density at radius 2 is 1.42 bits per heavy atom. The van der Waals surface area contributed by atoms with E-state index < -0.39 is 27.1 Å². The highest BCUT2D eigenvalue weighted by Gasteiger charge is 2.43. The Labute approximate surface area is 278 Å². The van der Waals surface area contributed by atoms with E-state index in [0.717, 1.165) is 27.8 Å². The fraction of sp³-hybridized carbons (Fsp3) is 0.243. The number of halogens is 1. The third kappa shape index (κ3) is 4.71. The van der Waals surface area contributed by atoms with Crippen LogP contribution in [0.2, 0.25) is 0 Å². The van der Waals surface area contributed by atoms with Gasteiger partial charge in [-0.25, -0.2) is 22.8 Å². The van der Waals surface area contributed by atoms with Gasteiger partial charge in [-0.1, -0.05) is 91.0 Å². The highest BCUT2D eigenvalue weighted by Crippen LogP contribution is 2.45. The summed E-state index contributed by atoms with van der Waals surface area (Å²) < 4.78 is 46.6. The van der Waals surface area contributed by atoms with Crippen LogP contribution in [0.3, 0.4) is 0 Å². The lowest BCUT2D eigenvalue weighted by Crippen LogP contribution is -2.39. The van der Waals surface area contributed by atoms with Crippen LogP contribution in [0, 0.1) is 5.82 Å². The second kappa shape index (κ2) is 11.3. The van der Waals surface area contributed by atoms with E-state index in [-0.39, 0.29) is 29.7 Å². The Hall–Kier alpha value is -5.00. The van der Waals surface area contributed by atoms with Crippen LogP contribution in [-0.2, 0) is 47.7 Å². The van der Waals surface area contributed by atoms with Crippen LogP contribution in [0.25, 0.3) is 0 Å². The molecule has 3 N–H and O–H groups in total. The minimum absolute atomic E-state index is 0.0714. The second-order valence-corrected chi connectivity index (χ2v) is 14.6. The number of fused-ring (bicyclic) bond motifs is 3. The van der Waals surface area contributed by atoms with E-state index in [1.54, 1.807) is 6.92 Å². The molecule has 48 heavy (non-hydrogen) atoms. The summed E-state index contributed by atoms with van der Waals surface area (Å²) in [4.78, 5) is 14.2. The molecule has 244 valence electrons. The summed E-state index contributed by atoms with van der Waals surface area (Å²) in [7, 11) is -3.95. The molecule has 11 heteroatoms. The number of hydrogen-bond donors (Lipinski definition) is 3. The van der Waals surface area contributed by atoms with Crippen LogP contribution in [0.5, 0.6) is 5.88 Å². The Kier molecular flexibility index (Phi) is 7.15. The lowest BCUT2D eigenvalue weighted by molar-refractivity contribution is 0.0399. The first kappa shape index (κ1) is 30.3. The number of carbonyl (C=O) groups excluding carboxylic acids is 1. The van der Waals surface area contributed by atoms with Gasteiger partial charge in [0, 0.05) is 5.69 Å². The predicted octanol–water partition coefficient (Wildman–Crippen LogP) is 5.92. The number of benzene rings is 4. The zero-order chi connectivity index (χ0) is 33.1. The van der Waals surface area contributed by atoms with Crippen LogP contribution < -0.4 is 14.8 Å². The molecule has 5 aromatic rings. The SMILES string of the molecule is C[C@@]1(CO)Cn2ncc(S(=O)(=NC(c3ccccc3)(c3ccccc3)c3ccccc3)NC(=O)Nc3c4c(c(F)c5c3CC5)CC4)c2O1. The molecule has 9 nitrogen and oxygen atoms in total. The summed E-state index contributed by atoms with van der Waals surface area (Å²) in [5.74, 6) is -0.0150. The van der Waals surface area contributed by atoms with Gasteiger partial charge in [-0.3, -0.25) is 0 Å². The lowest BCUT2D eigenvalue weighted by atomic mass is 9.76. The third-order valence-corrected chi connectivity index (χ3v) is 11.5. The van der Waals surface area contributed by atoms with Crippen molar-refractivity contribution in [3.63, 3.8) is 0 Å². The van der Waals surface area contributed by atoms with Crippen molar-refractivity contribution in [2.45, 2.75) is 55.2 Å². The van der Waals surface area contributed by atoms with Gasteiger partial charge in [-0.05, 0) is 71.6 Å². The summed E-state index contributed by atoms with van der Waals surface area (Å²) in [5.41, 5.74) is 3.22. The quantitative estimate of drug-likeness (QED) is 0.178. The fourth-order valence-corrected chi connectivity index (χ4v) is 8.84. The maximum Gasteiger partial charge on any atom is 0.331 e. The Bertz CT molecular complexity index is 2050. The van der Waals surface area contributed by atoms with Gasteiger partial charge >= 0.3 is 6.03 Å². The van der Waals surface area contributed by atoms with E-state index in [2.05, 4.69) is 15.1 Å². The van der Waals surface area contributed by atoms with Crippen LogP contribution in [-0.4, -0.2) is 37.3 Å². The topological polar surface area (TPSA) is 118 Å². The van der Waals surface area contributed by atoms with Crippen LogP contribution in [0.15, 0.2) is 106 Å². The van der Waals surface area contributed by atoms with Crippen LogP contribution >= 0.6 is 0 Å². The lowest BCUT2D eigenvalue weighted by Gasteiger charge is -2.34. The number of ether oxygens (including phenoxy) is 1. The van der Waals surface area contributed by atoms with E-state index in [0.29, 0.717) is 42.5 Å². The van der Waals surface area contributed by atoms with Crippen LogP contribution in [0.1, 0.15) is 45.9 Å². The van der Waals surface area contributed by atoms with Gasteiger partial charge in [0.25, 0.3) is 0 Å². The van der Waals surface area contributed by atoms with Crippen molar-refractivity contribution in [1.82, 2.24) is 14.5 Å². The molecule has 2 amide bonds. The normalized spacial score (nSPS) is 18.6. The summed E-state index contributed by atoms with van der Waals surface area (Å²) >= 11 is 0. The number of urea groups is 1. The first-order valence-electron chi connectivity index (χ1n) is 16.0. The maximum atomic E-state index is 15.8. The molecule has 2 aliphatic carbocycles. The molecule has 1 aromatic heterocycles. The maximum absolute atomic E-state index is 15.8. The number of rotatable bonds is 8. The number of aromatic nitrogens is 2. The molecule has 0 spiro atoms. The molecular formula is C37H34FN5O4S. The fourth-order valence-electron chi connectivity index (χ4n) is 7.01. The molecule has 2 heterocycles. The largest absolute Gasteiger partial charge is 0.466 e. The van der Waals surface area contributed by atoms with Gasteiger partial charge in [0.1, 0.15) is 16.3 Å². The molecule has 0 saturated heterocycles. The van der Waals surface area contributed by atoms with Crippen molar-refractivity contribution >= 4 is 21.6 Å². The molecule has 0 bridgehead atoms. The van der Waals surface area contributed by atoms with E-state index in [4.69, 9.17) is 9.10 Å². The van der Waals surface area contributed by atoms with Gasteiger partial charge in [-0.2, -0.15) is 9.46 Å². The highest BCUT2D eigenvalue weighted by atomic mass is 32.2. The third-order valence-electron chi connectivity index (χ3n) is 9.64.